The molecule has 0 amide bonds. The zero-order valence-corrected chi connectivity index (χ0v) is 21.0. The molecular weight excluding hydrogens is 464 g/mol. The number of fused-ring (bicyclic) bond motifs is 2. The molecule has 36 heavy (non-hydrogen) atoms. The second-order valence-corrected chi connectivity index (χ2v) is 10.4. The molecule has 6 rings (SSSR count). The lowest BCUT2D eigenvalue weighted by Crippen LogP contribution is -2.31. The third-order valence-electron chi connectivity index (χ3n) is 6.89. The second-order valence-electron chi connectivity index (χ2n) is 9.41. The van der Waals surface area contributed by atoms with Gasteiger partial charge in [0.25, 0.3) is 0 Å². The van der Waals surface area contributed by atoms with Gasteiger partial charge in [-0.1, -0.05) is 42.5 Å². The van der Waals surface area contributed by atoms with E-state index >= 15 is 0 Å². The van der Waals surface area contributed by atoms with E-state index in [-0.39, 0.29) is 6.04 Å². The Hall–Kier alpha value is -3.39. The third-order valence-corrected chi connectivity index (χ3v) is 7.67. The molecule has 3 heterocycles. The standard InChI is InChI=1S/C29H30N6S/c1-2-8-25-24(7-1)33-27(34-25)20-35(26-9-3-5-23-6-4-14-32-29(23)26)19-22-12-10-21(11-13-22)17-30-18-28-31-15-16-36-28/h1-2,4,6-8,10-16,26,30H,3,5,9,17-20H2,(H,33,34). The third kappa shape index (κ3) is 5.23. The summed E-state index contributed by atoms with van der Waals surface area (Å²) >= 11 is 1.69. The molecule has 1 atom stereocenters. The highest BCUT2D eigenvalue weighted by atomic mass is 32.1. The Bertz CT molecular complexity index is 1380. The molecular formula is C29H30N6S. The molecule has 0 saturated heterocycles. The minimum absolute atomic E-state index is 0.280. The van der Waals surface area contributed by atoms with Gasteiger partial charge in [0.2, 0.25) is 0 Å². The number of aromatic nitrogens is 4. The van der Waals surface area contributed by atoms with Crippen molar-refractivity contribution in [3.8, 4) is 0 Å². The van der Waals surface area contributed by atoms with Crippen molar-refractivity contribution in [3.63, 3.8) is 0 Å². The summed E-state index contributed by atoms with van der Waals surface area (Å²) < 4.78 is 0. The van der Waals surface area contributed by atoms with Crippen LogP contribution in [0.25, 0.3) is 11.0 Å². The summed E-state index contributed by atoms with van der Waals surface area (Å²) in [6.45, 7) is 3.25. The Kier molecular flexibility index (Phi) is 6.85. The van der Waals surface area contributed by atoms with Gasteiger partial charge >= 0.3 is 0 Å². The van der Waals surface area contributed by atoms with Crippen molar-refractivity contribution in [3.05, 3.63) is 112 Å². The summed E-state index contributed by atoms with van der Waals surface area (Å²) in [4.78, 5) is 20.1. The highest BCUT2D eigenvalue weighted by Crippen LogP contribution is 2.34. The predicted octanol–water partition coefficient (Wildman–Crippen LogP) is 5.78. The van der Waals surface area contributed by atoms with Gasteiger partial charge in [-0.05, 0) is 54.2 Å². The lowest BCUT2D eigenvalue weighted by Gasteiger charge is -2.34. The molecule has 2 N–H and O–H groups in total. The number of thiazole rings is 1. The van der Waals surface area contributed by atoms with E-state index in [1.54, 1.807) is 11.3 Å². The van der Waals surface area contributed by atoms with E-state index in [4.69, 9.17) is 9.97 Å². The summed E-state index contributed by atoms with van der Waals surface area (Å²) in [5, 5.41) is 6.63. The number of hydrogen-bond donors (Lipinski definition) is 2. The van der Waals surface area contributed by atoms with Crippen molar-refractivity contribution in [1.82, 2.24) is 30.2 Å². The highest BCUT2D eigenvalue weighted by Gasteiger charge is 2.28. The zero-order valence-electron chi connectivity index (χ0n) is 20.2. The van der Waals surface area contributed by atoms with Gasteiger partial charge in [0.05, 0.1) is 29.3 Å². The van der Waals surface area contributed by atoms with Crippen molar-refractivity contribution < 1.29 is 0 Å². The van der Waals surface area contributed by atoms with Crippen molar-refractivity contribution in [2.24, 2.45) is 0 Å². The van der Waals surface area contributed by atoms with Crippen LogP contribution in [0.4, 0.5) is 0 Å². The average molecular weight is 495 g/mol. The van der Waals surface area contributed by atoms with Crippen LogP contribution in [-0.4, -0.2) is 24.8 Å². The van der Waals surface area contributed by atoms with Gasteiger partial charge in [0.15, 0.2) is 0 Å². The van der Waals surface area contributed by atoms with Crippen LogP contribution < -0.4 is 5.32 Å². The number of nitrogens with one attached hydrogen (secondary N) is 2. The maximum absolute atomic E-state index is 4.88. The fourth-order valence-electron chi connectivity index (χ4n) is 5.14. The molecule has 0 bridgehead atoms. The van der Waals surface area contributed by atoms with Gasteiger partial charge < -0.3 is 10.3 Å². The maximum atomic E-state index is 4.88. The number of benzene rings is 2. The van der Waals surface area contributed by atoms with Crippen molar-refractivity contribution in [1.29, 1.82) is 0 Å². The molecule has 0 aliphatic heterocycles. The summed E-state index contributed by atoms with van der Waals surface area (Å²) in [6.07, 6.45) is 7.20. The van der Waals surface area contributed by atoms with Crippen LogP contribution in [0.15, 0.2) is 78.4 Å². The van der Waals surface area contributed by atoms with Crippen molar-refractivity contribution in [2.45, 2.75) is 51.5 Å². The summed E-state index contributed by atoms with van der Waals surface area (Å²) in [7, 11) is 0. The minimum Gasteiger partial charge on any atom is -0.341 e. The number of pyridine rings is 1. The van der Waals surface area contributed by atoms with E-state index in [0.29, 0.717) is 0 Å². The van der Waals surface area contributed by atoms with Crippen molar-refractivity contribution >= 4 is 22.4 Å². The molecule has 182 valence electrons. The Labute approximate surface area is 215 Å². The molecule has 1 unspecified atom stereocenters. The Morgan fingerprint density at radius 3 is 2.67 bits per heavy atom. The second kappa shape index (κ2) is 10.7. The fourth-order valence-corrected chi connectivity index (χ4v) is 5.73. The van der Waals surface area contributed by atoms with Gasteiger partial charge in [-0.3, -0.25) is 9.88 Å². The molecule has 6 nitrogen and oxygen atoms in total. The summed E-state index contributed by atoms with van der Waals surface area (Å²) in [5.41, 5.74) is 7.29. The van der Waals surface area contributed by atoms with E-state index in [1.165, 1.54) is 28.8 Å². The first kappa shape index (κ1) is 23.0. The quantitative estimate of drug-likeness (QED) is 0.272. The molecule has 3 aromatic heterocycles. The Balaban J connectivity index is 1.21. The Morgan fingerprint density at radius 1 is 0.917 bits per heavy atom. The van der Waals surface area contributed by atoms with Crippen molar-refractivity contribution in [2.75, 3.05) is 0 Å². The fraction of sp³-hybridized carbons (Fsp3) is 0.276. The van der Waals surface area contributed by atoms with E-state index < -0.39 is 0 Å². The molecule has 0 radical (unpaired) electrons. The molecule has 5 aromatic rings. The average Bonchev–Trinajstić information content (AvgIpc) is 3.58. The van der Waals surface area contributed by atoms with Crippen LogP contribution in [0.1, 0.15) is 52.1 Å². The van der Waals surface area contributed by atoms with E-state index in [9.17, 15) is 0 Å². The van der Waals surface area contributed by atoms with Crippen LogP contribution >= 0.6 is 11.3 Å². The van der Waals surface area contributed by atoms with Gasteiger partial charge in [0, 0.05) is 37.4 Å². The number of para-hydroxylation sites is 2. The molecule has 0 spiro atoms. The largest absolute Gasteiger partial charge is 0.341 e. The van der Waals surface area contributed by atoms with Crippen LogP contribution in [0, 0.1) is 0 Å². The Morgan fingerprint density at radius 2 is 1.81 bits per heavy atom. The van der Waals surface area contributed by atoms with Gasteiger partial charge in [-0.25, -0.2) is 9.97 Å². The first-order chi connectivity index (χ1) is 17.8. The van der Waals surface area contributed by atoms with E-state index in [2.05, 4.69) is 74.8 Å². The monoisotopic (exact) mass is 494 g/mol. The highest BCUT2D eigenvalue weighted by molar-refractivity contribution is 7.09. The summed E-state index contributed by atoms with van der Waals surface area (Å²) in [5.74, 6) is 1.00. The molecule has 7 heteroatoms. The van der Waals surface area contributed by atoms with Gasteiger partial charge in [-0.2, -0.15) is 0 Å². The molecule has 2 aromatic carbocycles. The molecule has 0 fully saturated rings. The first-order valence-corrected chi connectivity index (χ1v) is 13.5. The predicted molar refractivity (Wildman–Crippen MR) is 144 cm³/mol. The zero-order chi connectivity index (χ0) is 24.2. The maximum Gasteiger partial charge on any atom is 0.121 e. The molecule has 0 saturated carbocycles. The SMILES string of the molecule is c1cnc2c(c1)CCCC2N(Cc1ccc(CNCc2nccs2)cc1)Cc1nc2ccccc2[nH]1. The molecule has 1 aliphatic rings. The van der Waals surface area contributed by atoms with Crippen LogP contribution in [0.3, 0.4) is 0 Å². The van der Waals surface area contributed by atoms with E-state index in [0.717, 1.165) is 60.9 Å². The lowest BCUT2D eigenvalue weighted by molar-refractivity contribution is 0.153. The number of nitrogens with zero attached hydrogens (tertiary/aromatic N) is 4. The topological polar surface area (TPSA) is 69.7 Å². The number of hydrogen-bond acceptors (Lipinski definition) is 6. The number of H-pyrrole nitrogens is 1. The van der Waals surface area contributed by atoms with Gasteiger partial charge in [-0.15, -0.1) is 11.3 Å². The normalized spacial score (nSPS) is 15.4. The minimum atomic E-state index is 0.280. The number of imidazole rings is 1. The lowest BCUT2D eigenvalue weighted by atomic mass is 9.90. The molecule has 1 aliphatic carbocycles. The van der Waals surface area contributed by atoms with Crippen LogP contribution in [0.5, 0.6) is 0 Å². The number of aromatic amines is 1. The van der Waals surface area contributed by atoms with Crippen LogP contribution in [0.2, 0.25) is 0 Å². The smallest absolute Gasteiger partial charge is 0.121 e. The van der Waals surface area contributed by atoms with Gasteiger partial charge in [0.1, 0.15) is 10.8 Å². The number of rotatable bonds is 9. The van der Waals surface area contributed by atoms with Crippen LogP contribution in [-0.2, 0) is 32.6 Å². The van der Waals surface area contributed by atoms with E-state index in [1.807, 2.05) is 23.8 Å². The summed E-state index contributed by atoms with van der Waals surface area (Å²) in [6, 6.07) is 21.8. The number of aryl methyl sites for hydroxylation is 1. The first-order valence-electron chi connectivity index (χ1n) is 12.6.